The first-order valence-electron chi connectivity index (χ1n) is 7.60. The smallest absolute Gasteiger partial charge is 0.326 e. The summed E-state index contributed by atoms with van der Waals surface area (Å²) in [7, 11) is 0. The second kappa shape index (κ2) is 6.31. The fourth-order valence-corrected chi connectivity index (χ4v) is 3.81. The second-order valence-corrected chi connectivity index (χ2v) is 6.66. The van der Waals surface area contributed by atoms with Crippen LogP contribution in [0, 0.1) is 5.92 Å². The van der Waals surface area contributed by atoms with Gasteiger partial charge >= 0.3 is 5.97 Å². The Hall–Kier alpha value is -1.89. The lowest BCUT2D eigenvalue weighted by molar-refractivity contribution is -0.151. The molecular weight excluding hydrogens is 364 g/mol. The molecule has 2 aliphatic heterocycles. The van der Waals surface area contributed by atoms with Crippen LogP contribution < -0.4 is 4.90 Å². The number of hydrogen-bond donors (Lipinski definition) is 1. The van der Waals surface area contributed by atoms with Crippen LogP contribution in [0.5, 0.6) is 0 Å². The van der Waals surface area contributed by atoms with E-state index in [0.29, 0.717) is 32.4 Å². The first kappa shape index (κ1) is 16.0. The zero-order valence-corrected chi connectivity index (χ0v) is 14.0. The normalized spacial score (nSPS) is 24.3. The average Bonchev–Trinajstić information content (AvgIpc) is 3.14. The van der Waals surface area contributed by atoms with Crippen LogP contribution in [-0.4, -0.2) is 46.9 Å². The lowest BCUT2D eigenvalue weighted by Gasteiger charge is -2.24. The van der Waals surface area contributed by atoms with Gasteiger partial charge in [-0.2, -0.15) is 0 Å². The van der Waals surface area contributed by atoms with E-state index in [0.717, 1.165) is 10.2 Å². The maximum absolute atomic E-state index is 12.6. The lowest BCUT2D eigenvalue weighted by atomic mass is 10.1. The fraction of sp³-hybridized carbons (Fsp3) is 0.438. The van der Waals surface area contributed by atoms with E-state index in [4.69, 9.17) is 0 Å². The number of carboxylic acids is 1. The zero-order valence-electron chi connectivity index (χ0n) is 12.4. The number of amides is 2. The number of rotatable bonds is 3. The maximum Gasteiger partial charge on any atom is 0.326 e. The minimum atomic E-state index is -0.996. The number of nitrogens with zero attached hydrogens (tertiary/aromatic N) is 2. The van der Waals surface area contributed by atoms with E-state index >= 15 is 0 Å². The molecule has 2 heterocycles. The monoisotopic (exact) mass is 380 g/mol. The summed E-state index contributed by atoms with van der Waals surface area (Å²) in [6.45, 7) is 0.873. The molecule has 2 fully saturated rings. The third kappa shape index (κ3) is 2.85. The molecule has 2 saturated heterocycles. The Morgan fingerprint density at radius 2 is 1.91 bits per heavy atom. The van der Waals surface area contributed by atoms with Crippen molar-refractivity contribution in [1.29, 1.82) is 0 Å². The molecule has 1 aromatic carbocycles. The van der Waals surface area contributed by atoms with Gasteiger partial charge in [0.2, 0.25) is 11.8 Å². The molecule has 2 aliphatic rings. The molecule has 1 N–H and O–H groups in total. The van der Waals surface area contributed by atoms with Gasteiger partial charge in [-0.05, 0) is 47.3 Å². The number of carbonyl (C=O) groups is 3. The summed E-state index contributed by atoms with van der Waals surface area (Å²) in [5.41, 5.74) is 0.740. The number of anilines is 1. The summed E-state index contributed by atoms with van der Waals surface area (Å²) in [6, 6.07) is 6.57. The van der Waals surface area contributed by atoms with Gasteiger partial charge in [-0.3, -0.25) is 9.59 Å². The van der Waals surface area contributed by atoms with Crippen molar-refractivity contribution in [3.8, 4) is 0 Å². The van der Waals surface area contributed by atoms with Crippen molar-refractivity contribution in [2.75, 3.05) is 18.0 Å². The Labute approximate surface area is 142 Å². The largest absolute Gasteiger partial charge is 0.480 e. The highest BCUT2D eigenvalue weighted by Crippen LogP contribution is 2.33. The van der Waals surface area contributed by atoms with Crippen molar-refractivity contribution < 1.29 is 19.5 Å². The van der Waals surface area contributed by atoms with Gasteiger partial charge in [-0.1, -0.05) is 12.1 Å². The van der Waals surface area contributed by atoms with Crippen molar-refractivity contribution in [3.05, 3.63) is 28.7 Å². The van der Waals surface area contributed by atoms with Crippen LogP contribution in [0.3, 0.4) is 0 Å². The Bertz CT molecular complexity index is 663. The van der Waals surface area contributed by atoms with Crippen molar-refractivity contribution >= 4 is 39.4 Å². The number of benzene rings is 1. The van der Waals surface area contributed by atoms with Crippen LogP contribution >= 0.6 is 15.9 Å². The Kier molecular flexibility index (Phi) is 4.39. The predicted octanol–water partition coefficient (Wildman–Crippen LogP) is 1.88. The van der Waals surface area contributed by atoms with E-state index < -0.39 is 17.9 Å². The van der Waals surface area contributed by atoms with Crippen LogP contribution in [0.25, 0.3) is 0 Å². The summed E-state index contributed by atoms with van der Waals surface area (Å²) >= 11 is 3.42. The molecule has 23 heavy (non-hydrogen) atoms. The molecule has 1 unspecified atom stereocenters. The number of hydrogen-bond acceptors (Lipinski definition) is 3. The highest BCUT2D eigenvalue weighted by atomic mass is 79.9. The summed E-state index contributed by atoms with van der Waals surface area (Å²) in [5.74, 6) is -2.38. The molecule has 3 rings (SSSR count). The van der Waals surface area contributed by atoms with E-state index in [1.807, 2.05) is 24.3 Å². The van der Waals surface area contributed by atoms with Gasteiger partial charge in [0.15, 0.2) is 0 Å². The minimum absolute atomic E-state index is 0.252. The van der Waals surface area contributed by atoms with Gasteiger partial charge < -0.3 is 14.9 Å². The number of carbonyl (C=O) groups excluding carboxylic acids is 2. The number of aliphatic carboxylic acids is 1. The zero-order chi connectivity index (χ0) is 16.6. The number of halogens is 1. The molecule has 7 heteroatoms. The predicted molar refractivity (Wildman–Crippen MR) is 87.0 cm³/mol. The third-order valence-electron chi connectivity index (χ3n) is 4.47. The Balaban J connectivity index is 1.78. The summed E-state index contributed by atoms with van der Waals surface area (Å²) < 4.78 is 0.797. The van der Waals surface area contributed by atoms with Gasteiger partial charge in [0.25, 0.3) is 0 Å². The third-order valence-corrected chi connectivity index (χ3v) is 5.14. The van der Waals surface area contributed by atoms with E-state index in [1.165, 1.54) is 4.90 Å². The molecule has 2 amide bonds. The van der Waals surface area contributed by atoms with Crippen LogP contribution in [0.2, 0.25) is 0 Å². The lowest BCUT2D eigenvalue weighted by Crippen LogP contribution is -2.45. The fourth-order valence-electron chi connectivity index (χ4n) is 3.31. The number of para-hydroxylation sites is 1. The molecule has 0 radical (unpaired) electrons. The van der Waals surface area contributed by atoms with E-state index in [-0.39, 0.29) is 11.8 Å². The first-order chi connectivity index (χ1) is 11.0. The highest BCUT2D eigenvalue weighted by Gasteiger charge is 2.44. The van der Waals surface area contributed by atoms with Crippen LogP contribution in [0.1, 0.15) is 19.3 Å². The van der Waals surface area contributed by atoms with Crippen LogP contribution in [0.4, 0.5) is 5.69 Å². The molecule has 122 valence electrons. The SMILES string of the molecule is O=C(O)[C@H]1CCCN1C(=O)C1CCN(c2ccccc2Br)C1=O. The van der Waals surface area contributed by atoms with E-state index in [1.54, 1.807) is 4.90 Å². The summed E-state index contributed by atoms with van der Waals surface area (Å²) in [4.78, 5) is 39.5. The van der Waals surface area contributed by atoms with Gasteiger partial charge in [-0.25, -0.2) is 4.79 Å². The van der Waals surface area contributed by atoms with E-state index in [2.05, 4.69) is 15.9 Å². The topological polar surface area (TPSA) is 77.9 Å². The molecule has 0 spiro atoms. The second-order valence-electron chi connectivity index (χ2n) is 5.81. The van der Waals surface area contributed by atoms with Gasteiger partial charge in [0.05, 0.1) is 5.69 Å². The average molecular weight is 381 g/mol. The standard InChI is InChI=1S/C16H17BrN2O4/c17-11-4-1-2-5-12(11)19-9-7-10(15(19)21)14(20)18-8-3-6-13(18)16(22)23/h1-2,4-5,10,13H,3,6-9H2,(H,22,23)/t10?,13-/m1/s1. The highest BCUT2D eigenvalue weighted by molar-refractivity contribution is 9.10. The summed E-state index contributed by atoms with van der Waals surface area (Å²) in [5, 5.41) is 9.21. The molecule has 1 aromatic rings. The summed E-state index contributed by atoms with van der Waals surface area (Å²) in [6.07, 6.45) is 1.54. The molecule has 0 aromatic heterocycles. The van der Waals surface area contributed by atoms with Crippen molar-refractivity contribution in [2.24, 2.45) is 5.92 Å². The van der Waals surface area contributed by atoms with Gasteiger partial charge in [-0.15, -0.1) is 0 Å². The van der Waals surface area contributed by atoms with Crippen LogP contribution in [-0.2, 0) is 14.4 Å². The number of likely N-dealkylation sites (tertiary alicyclic amines) is 1. The van der Waals surface area contributed by atoms with E-state index in [9.17, 15) is 19.5 Å². The van der Waals surface area contributed by atoms with Gasteiger partial charge in [0, 0.05) is 17.6 Å². The van der Waals surface area contributed by atoms with Gasteiger partial charge in [0.1, 0.15) is 12.0 Å². The molecule has 2 atom stereocenters. The molecule has 6 nitrogen and oxygen atoms in total. The van der Waals surface area contributed by atoms with Crippen LogP contribution in [0.15, 0.2) is 28.7 Å². The Morgan fingerprint density at radius 3 is 2.61 bits per heavy atom. The first-order valence-corrected chi connectivity index (χ1v) is 8.39. The quantitative estimate of drug-likeness (QED) is 0.812. The molecule has 0 bridgehead atoms. The van der Waals surface area contributed by atoms with Crippen molar-refractivity contribution in [1.82, 2.24) is 4.90 Å². The Morgan fingerprint density at radius 1 is 1.17 bits per heavy atom. The molecular formula is C16H17BrN2O4. The number of carboxylic acid groups (broad SMARTS) is 1. The van der Waals surface area contributed by atoms with Crippen molar-refractivity contribution in [2.45, 2.75) is 25.3 Å². The van der Waals surface area contributed by atoms with Crippen molar-refractivity contribution in [3.63, 3.8) is 0 Å². The molecule has 0 saturated carbocycles. The minimum Gasteiger partial charge on any atom is -0.480 e. The molecule has 0 aliphatic carbocycles. The maximum atomic E-state index is 12.6.